The summed E-state index contributed by atoms with van der Waals surface area (Å²) in [6, 6.07) is 11.6. The Labute approximate surface area is 165 Å². The number of nitrogens with one attached hydrogen (secondary N) is 1. The number of rotatable bonds is 5. The molecule has 0 saturated heterocycles. The first-order valence-electron chi connectivity index (χ1n) is 8.49. The Hall–Kier alpha value is -3.20. The highest BCUT2D eigenvalue weighted by Crippen LogP contribution is 2.29. The molecule has 146 valence electrons. The van der Waals surface area contributed by atoms with E-state index in [1.54, 1.807) is 6.07 Å². The third kappa shape index (κ3) is 4.20. The number of amides is 2. The average molecular weight is 401 g/mol. The number of aromatic nitrogens is 2. The molecule has 3 rings (SSSR count). The van der Waals surface area contributed by atoms with Gasteiger partial charge in [-0.1, -0.05) is 30.3 Å². The van der Waals surface area contributed by atoms with Crippen molar-refractivity contribution in [2.24, 2.45) is 0 Å². The van der Waals surface area contributed by atoms with Crippen LogP contribution < -0.4 is 5.32 Å². The summed E-state index contributed by atoms with van der Waals surface area (Å²) < 4.78 is 11.4. The molecule has 0 aliphatic heterocycles. The standard InChI is InChI=1S/C19H19N3O5S/c1-11-14-9-15(18(24)27-12(2)16(23)20-19(25)26-3)28-17(14)22(21-11)10-13-7-5-4-6-8-13/h4-9,12H,10H2,1-3H3,(H,20,23,25)/t12-/m1/s1. The molecule has 0 bridgehead atoms. The zero-order valence-electron chi connectivity index (χ0n) is 15.6. The van der Waals surface area contributed by atoms with Gasteiger partial charge in [0.1, 0.15) is 9.71 Å². The van der Waals surface area contributed by atoms with Gasteiger partial charge in [0.05, 0.1) is 19.3 Å². The van der Waals surface area contributed by atoms with E-state index in [2.05, 4.69) is 9.84 Å². The zero-order chi connectivity index (χ0) is 20.3. The number of carbonyl (C=O) groups is 3. The van der Waals surface area contributed by atoms with Crippen LogP contribution in [0, 0.1) is 6.92 Å². The fraction of sp³-hybridized carbons (Fsp3) is 0.263. The van der Waals surface area contributed by atoms with Gasteiger partial charge in [0.25, 0.3) is 5.91 Å². The topological polar surface area (TPSA) is 99.5 Å². The molecule has 1 aromatic carbocycles. The Morgan fingerprint density at radius 3 is 2.64 bits per heavy atom. The first-order valence-corrected chi connectivity index (χ1v) is 9.31. The van der Waals surface area contributed by atoms with Crippen molar-refractivity contribution in [3.8, 4) is 0 Å². The highest BCUT2D eigenvalue weighted by molar-refractivity contribution is 7.20. The molecular weight excluding hydrogens is 382 g/mol. The van der Waals surface area contributed by atoms with Crippen LogP contribution in [0.1, 0.15) is 27.9 Å². The SMILES string of the molecule is COC(=O)NC(=O)[C@@H](C)OC(=O)c1cc2c(C)nn(Cc3ccccc3)c2s1. The lowest BCUT2D eigenvalue weighted by atomic mass is 10.2. The summed E-state index contributed by atoms with van der Waals surface area (Å²) in [5, 5.41) is 7.36. The average Bonchev–Trinajstić information content (AvgIpc) is 3.24. The van der Waals surface area contributed by atoms with E-state index in [9.17, 15) is 14.4 Å². The van der Waals surface area contributed by atoms with Gasteiger partial charge in [0.2, 0.25) is 0 Å². The summed E-state index contributed by atoms with van der Waals surface area (Å²) in [7, 11) is 1.14. The largest absolute Gasteiger partial charge is 0.453 e. The van der Waals surface area contributed by atoms with Crippen molar-refractivity contribution in [2.75, 3.05) is 7.11 Å². The lowest BCUT2D eigenvalue weighted by Crippen LogP contribution is -2.39. The molecule has 8 nitrogen and oxygen atoms in total. The number of ether oxygens (including phenoxy) is 2. The molecule has 0 unspecified atom stereocenters. The minimum Gasteiger partial charge on any atom is -0.453 e. The van der Waals surface area contributed by atoms with Crippen molar-refractivity contribution < 1.29 is 23.9 Å². The summed E-state index contributed by atoms with van der Waals surface area (Å²) in [5.74, 6) is -1.40. The molecule has 2 aromatic heterocycles. The maximum Gasteiger partial charge on any atom is 0.413 e. The number of aryl methyl sites for hydroxylation is 1. The van der Waals surface area contributed by atoms with Gasteiger partial charge in [0, 0.05) is 5.39 Å². The predicted molar refractivity (Wildman–Crippen MR) is 103 cm³/mol. The summed E-state index contributed by atoms with van der Waals surface area (Å²) in [5.41, 5.74) is 1.90. The van der Waals surface area contributed by atoms with Crippen LogP contribution in [0.2, 0.25) is 0 Å². The minimum absolute atomic E-state index is 0.357. The van der Waals surface area contributed by atoms with E-state index in [-0.39, 0.29) is 0 Å². The maximum atomic E-state index is 12.4. The molecular formula is C19H19N3O5S. The van der Waals surface area contributed by atoms with Crippen LogP contribution in [0.3, 0.4) is 0 Å². The normalized spacial score (nSPS) is 11.8. The molecule has 9 heteroatoms. The fourth-order valence-corrected chi connectivity index (χ4v) is 3.65. The number of hydrogen-bond acceptors (Lipinski definition) is 7. The van der Waals surface area contributed by atoms with Crippen LogP contribution >= 0.6 is 11.3 Å². The smallest absolute Gasteiger partial charge is 0.413 e. The quantitative estimate of drug-likeness (QED) is 0.660. The van der Waals surface area contributed by atoms with Gasteiger partial charge in [-0.3, -0.25) is 14.8 Å². The number of thiophene rings is 1. The van der Waals surface area contributed by atoms with Crippen molar-refractivity contribution in [1.82, 2.24) is 15.1 Å². The van der Waals surface area contributed by atoms with Crippen molar-refractivity contribution >= 4 is 39.5 Å². The highest BCUT2D eigenvalue weighted by atomic mass is 32.1. The van der Waals surface area contributed by atoms with Crippen molar-refractivity contribution in [2.45, 2.75) is 26.5 Å². The number of hydrogen-bond donors (Lipinski definition) is 1. The Kier molecular flexibility index (Phi) is 5.74. The molecule has 1 atom stereocenters. The van der Waals surface area contributed by atoms with E-state index in [4.69, 9.17) is 4.74 Å². The molecule has 0 radical (unpaired) electrons. The van der Waals surface area contributed by atoms with Gasteiger partial charge >= 0.3 is 12.1 Å². The Balaban J connectivity index is 1.76. The van der Waals surface area contributed by atoms with Crippen molar-refractivity contribution in [1.29, 1.82) is 0 Å². The number of fused-ring (bicyclic) bond motifs is 1. The van der Waals surface area contributed by atoms with Crippen molar-refractivity contribution in [3.63, 3.8) is 0 Å². The van der Waals surface area contributed by atoms with E-state index in [0.717, 1.165) is 28.6 Å². The predicted octanol–water partition coefficient (Wildman–Crippen LogP) is 2.88. The molecule has 1 N–H and O–H groups in total. The van der Waals surface area contributed by atoms with Crippen molar-refractivity contribution in [3.05, 3.63) is 52.5 Å². The number of nitrogens with zero attached hydrogens (tertiary/aromatic N) is 2. The van der Waals surface area contributed by atoms with E-state index in [1.807, 2.05) is 47.3 Å². The first-order chi connectivity index (χ1) is 13.4. The molecule has 0 aliphatic carbocycles. The summed E-state index contributed by atoms with van der Waals surface area (Å²) >= 11 is 1.25. The van der Waals surface area contributed by atoms with Crippen LogP contribution in [0.15, 0.2) is 36.4 Å². The number of benzene rings is 1. The van der Waals surface area contributed by atoms with E-state index < -0.39 is 24.1 Å². The second kappa shape index (κ2) is 8.22. The lowest BCUT2D eigenvalue weighted by molar-refractivity contribution is -0.128. The summed E-state index contributed by atoms with van der Waals surface area (Å²) in [4.78, 5) is 36.5. The van der Waals surface area contributed by atoms with E-state index in [1.165, 1.54) is 18.3 Å². The molecule has 0 fully saturated rings. The van der Waals surface area contributed by atoms with Gasteiger partial charge in [-0.25, -0.2) is 9.59 Å². The van der Waals surface area contributed by atoms with E-state index in [0.29, 0.717) is 11.4 Å². The molecule has 0 spiro atoms. The molecule has 0 saturated carbocycles. The fourth-order valence-electron chi connectivity index (χ4n) is 2.60. The first kappa shape index (κ1) is 19.6. The number of esters is 1. The second-order valence-corrected chi connectivity index (χ2v) is 7.12. The Morgan fingerprint density at radius 2 is 1.96 bits per heavy atom. The van der Waals surface area contributed by atoms with Gasteiger partial charge in [-0.15, -0.1) is 11.3 Å². The Bertz CT molecular complexity index is 1030. The summed E-state index contributed by atoms with van der Waals surface area (Å²) in [6.45, 7) is 3.84. The molecule has 0 aliphatic rings. The summed E-state index contributed by atoms with van der Waals surface area (Å²) in [6.07, 6.45) is -2.05. The highest BCUT2D eigenvalue weighted by Gasteiger charge is 2.23. The van der Waals surface area contributed by atoms with Gasteiger partial charge < -0.3 is 9.47 Å². The number of methoxy groups -OCH3 is 1. The van der Waals surface area contributed by atoms with Gasteiger partial charge in [-0.05, 0) is 25.5 Å². The van der Waals surface area contributed by atoms with E-state index >= 15 is 0 Å². The number of imide groups is 1. The van der Waals surface area contributed by atoms with Gasteiger partial charge in [-0.2, -0.15) is 5.10 Å². The molecule has 2 heterocycles. The second-order valence-electron chi connectivity index (χ2n) is 6.09. The molecule has 28 heavy (non-hydrogen) atoms. The Morgan fingerprint density at radius 1 is 1.25 bits per heavy atom. The van der Waals surface area contributed by atoms with Crippen LogP contribution in [0.25, 0.3) is 10.2 Å². The molecule has 3 aromatic rings. The lowest BCUT2D eigenvalue weighted by Gasteiger charge is -2.11. The molecule has 2 amide bonds. The zero-order valence-corrected chi connectivity index (χ0v) is 16.4. The van der Waals surface area contributed by atoms with Crippen LogP contribution in [0.4, 0.5) is 4.79 Å². The number of alkyl carbamates (subject to hydrolysis) is 1. The van der Waals surface area contributed by atoms with Gasteiger partial charge in [0.15, 0.2) is 6.10 Å². The minimum atomic E-state index is -1.14. The van der Waals surface area contributed by atoms with Crippen LogP contribution in [-0.2, 0) is 20.8 Å². The third-order valence-corrected chi connectivity index (χ3v) is 5.18. The monoisotopic (exact) mass is 401 g/mol. The number of carbonyl (C=O) groups excluding carboxylic acids is 3. The maximum absolute atomic E-state index is 12.4. The van der Waals surface area contributed by atoms with Crippen LogP contribution in [-0.4, -0.2) is 41.0 Å². The third-order valence-electron chi connectivity index (χ3n) is 4.05. The van der Waals surface area contributed by atoms with Crippen LogP contribution in [0.5, 0.6) is 0 Å².